The van der Waals surface area contributed by atoms with Crippen LogP contribution < -0.4 is 9.72 Å². The molecule has 2 N–H and O–H groups in total. The Morgan fingerprint density at radius 3 is 1.28 bits per heavy atom. The molecule has 0 bridgehead atoms. The molecule has 0 aromatic rings. The van der Waals surface area contributed by atoms with Crippen molar-refractivity contribution in [1.29, 1.82) is 0 Å². The third-order valence-corrected chi connectivity index (χ3v) is 21.6. The van der Waals surface area contributed by atoms with Crippen molar-refractivity contribution in [1.82, 2.24) is 18.9 Å². The number of nitrogens with one attached hydrogen (secondary N) is 2. The van der Waals surface area contributed by atoms with Gasteiger partial charge in [-0.05, 0) is 0 Å². The Bertz CT molecular complexity index is 890. The van der Waals surface area contributed by atoms with Gasteiger partial charge in [-0.15, -0.1) is 0 Å². The van der Waals surface area contributed by atoms with Gasteiger partial charge in [-0.2, -0.15) is 0 Å². The van der Waals surface area contributed by atoms with Crippen LogP contribution in [0.5, 0.6) is 0 Å². The molecule has 2 unspecified atom stereocenters. The van der Waals surface area contributed by atoms with Gasteiger partial charge in [0.2, 0.25) is 0 Å². The van der Waals surface area contributed by atoms with E-state index in [1.54, 1.807) is 9.21 Å². The first-order valence-electron chi connectivity index (χ1n) is 19.0. The van der Waals surface area contributed by atoms with Gasteiger partial charge in [0.25, 0.3) is 0 Å². The molecule has 1 aliphatic heterocycles. The van der Waals surface area contributed by atoms with E-state index in [2.05, 4.69) is 9.72 Å². The molecule has 20 heteroatoms. The Morgan fingerprint density at radius 1 is 0.500 bits per heavy atom. The molecule has 0 aromatic heterocycles. The van der Waals surface area contributed by atoms with Crippen LogP contribution in [0.3, 0.4) is 0 Å². The molecule has 1 heterocycles. The van der Waals surface area contributed by atoms with Crippen molar-refractivity contribution in [3.05, 3.63) is 0 Å². The standard InChI is InChI=1S/C30H74N5O10P5/c1-11-21-36-34-48(38-23-13-3,39-24-14-4)32-46-31-47-33-49(40-25-15-5,41-26-16-6,42-27-17-7)35(37-22-12-2)50(34,43-28-18-8,44-29-19-9)45-30-20-10/h31,33,46-47H,11-30H2,1-10H3. The topological polar surface area (TPSA) is 135 Å². The first-order valence-corrected chi connectivity index (χ1v) is 26.3. The number of hydrogen-bond donors (Lipinski definition) is 2. The molecule has 50 heavy (non-hydrogen) atoms. The predicted octanol–water partition coefficient (Wildman–Crippen LogP) is 11.1. The zero-order chi connectivity index (χ0) is 37.3. The van der Waals surface area contributed by atoms with Crippen molar-refractivity contribution in [2.75, 3.05) is 66.1 Å². The van der Waals surface area contributed by atoms with E-state index in [1.165, 1.54) is 0 Å². The zero-order valence-electron chi connectivity index (χ0n) is 32.9. The third-order valence-electron chi connectivity index (χ3n) is 6.49. The van der Waals surface area contributed by atoms with Crippen molar-refractivity contribution in [3.63, 3.8) is 0 Å². The fraction of sp³-hybridized carbons (Fsp3) is 1.00. The molecule has 1 rings (SSSR count). The average molecular weight is 820 g/mol. The van der Waals surface area contributed by atoms with Crippen LogP contribution in [0.25, 0.3) is 0 Å². The minimum absolute atomic E-state index is 0.145. The number of nitrogens with zero attached hydrogens (tertiary/aromatic N) is 3. The van der Waals surface area contributed by atoms with Crippen LogP contribution in [-0.4, -0.2) is 75.3 Å². The molecule has 15 nitrogen and oxygen atoms in total. The molecule has 0 saturated heterocycles. The normalized spacial score (nSPS) is 23.1. The maximum absolute atomic E-state index is 7.33. The van der Waals surface area contributed by atoms with Crippen LogP contribution in [0.4, 0.5) is 0 Å². The van der Waals surface area contributed by atoms with Gasteiger partial charge in [-0.25, -0.2) is 0 Å². The van der Waals surface area contributed by atoms with Crippen LogP contribution >= 0.6 is 40.6 Å². The van der Waals surface area contributed by atoms with Gasteiger partial charge in [0, 0.05) is 0 Å². The Balaban J connectivity index is 4.94. The predicted molar refractivity (Wildman–Crippen MR) is 212 cm³/mol. The van der Waals surface area contributed by atoms with E-state index < -0.39 is 22.8 Å². The summed E-state index contributed by atoms with van der Waals surface area (Å²) >= 11 is 0. The third kappa shape index (κ3) is 12.4. The van der Waals surface area contributed by atoms with Crippen LogP contribution in [0.1, 0.15) is 133 Å². The molecule has 0 spiro atoms. The van der Waals surface area contributed by atoms with E-state index in [0.717, 1.165) is 0 Å². The second-order valence-corrected chi connectivity index (χ2v) is 23.1. The number of rotatable bonds is 30. The van der Waals surface area contributed by atoms with Crippen LogP contribution in [0, 0.1) is 0 Å². The Kier molecular flexibility index (Phi) is 26.0. The summed E-state index contributed by atoms with van der Waals surface area (Å²) in [6.45, 7) is 23.0. The summed E-state index contributed by atoms with van der Waals surface area (Å²) < 4.78 is 65.4. The monoisotopic (exact) mass is 819 g/mol. The second-order valence-electron chi connectivity index (χ2n) is 11.5. The molecular formula is C30H74N5O10P5. The van der Waals surface area contributed by atoms with Crippen LogP contribution in [-0.2, 0) is 45.9 Å². The average Bonchev–Trinajstić information content (AvgIpc) is 3.14. The van der Waals surface area contributed by atoms with E-state index in [9.17, 15) is 0 Å². The summed E-state index contributed by atoms with van der Waals surface area (Å²) in [5.41, 5.74) is 0. The quantitative estimate of drug-likeness (QED) is 0.0665. The Labute approximate surface area is 308 Å². The molecule has 2 atom stereocenters. The van der Waals surface area contributed by atoms with Gasteiger partial charge in [-0.1, -0.05) is 0 Å². The SMILES string of the molecule is CCCON1P(OCCC)(OCCC)=NPNPNP(OCCC)(OCCC)(OCCC)N(OCCC)P1(OCCC)(OCCC)OCCC. The van der Waals surface area contributed by atoms with Crippen molar-refractivity contribution in [2.24, 2.45) is 4.52 Å². The van der Waals surface area contributed by atoms with Crippen molar-refractivity contribution in [3.8, 4) is 0 Å². The van der Waals surface area contributed by atoms with Gasteiger partial charge >= 0.3 is 309 Å². The fourth-order valence-electron chi connectivity index (χ4n) is 4.42. The van der Waals surface area contributed by atoms with Gasteiger partial charge in [0.05, 0.1) is 0 Å². The molecule has 0 radical (unpaired) electrons. The molecular weight excluding hydrogens is 745 g/mol. The van der Waals surface area contributed by atoms with Gasteiger partial charge in [0.15, 0.2) is 0 Å². The molecule has 0 aromatic carbocycles. The number of hydrogen-bond acceptors (Lipinski definition) is 15. The van der Waals surface area contributed by atoms with Gasteiger partial charge < -0.3 is 0 Å². The minimum atomic E-state index is -5.38. The summed E-state index contributed by atoms with van der Waals surface area (Å²) in [5, 5.41) is 0. The molecule has 0 fully saturated rings. The summed E-state index contributed by atoms with van der Waals surface area (Å²) in [6, 6.07) is 0. The molecule has 1 aliphatic rings. The van der Waals surface area contributed by atoms with Gasteiger partial charge in [0.1, 0.15) is 0 Å². The Hall–Kier alpha value is 1.39. The van der Waals surface area contributed by atoms with E-state index in [-0.39, 0.29) is 70.6 Å². The summed E-state index contributed by atoms with van der Waals surface area (Å²) in [6.07, 6.45) is 6.59. The van der Waals surface area contributed by atoms with Crippen LogP contribution in [0.15, 0.2) is 4.52 Å². The van der Waals surface area contributed by atoms with E-state index in [4.69, 9.17) is 50.4 Å². The summed E-state index contributed by atoms with van der Waals surface area (Å²) in [4.78, 5) is 21.1. The zero-order valence-corrected chi connectivity index (χ0v) is 37.6. The molecule has 0 saturated carbocycles. The van der Waals surface area contributed by atoms with E-state index in [1.807, 2.05) is 69.2 Å². The maximum atomic E-state index is 7.33. The van der Waals surface area contributed by atoms with Crippen molar-refractivity contribution >= 4 is 40.6 Å². The molecule has 304 valence electrons. The summed E-state index contributed by atoms with van der Waals surface area (Å²) in [7, 11) is -14.3. The first kappa shape index (κ1) is 49.4. The van der Waals surface area contributed by atoms with E-state index >= 15 is 0 Å². The van der Waals surface area contributed by atoms with Crippen molar-refractivity contribution in [2.45, 2.75) is 133 Å². The molecule has 0 aliphatic carbocycles. The summed E-state index contributed by atoms with van der Waals surface area (Å²) in [5.74, 6) is 0. The second kappa shape index (κ2) is 26.3. The van der Waals surface area contributed by atoms with E-state index in [0.29, 0.717) is 77.4 Å². The van der Waals surface area contributed by atoms with Crippen molar-refractivity contribution < 1.29 is 45.9 Å². The molecule has 0 amide bonds. The fourth-order valence-corrected chi connectivity index (χ4v) is 22.5. The first-order chi connectivity index (χ1) is 24.2. The Morgan fingerprint density at radius 2 is 0.880 bits per heavy atom. The van der Waals surface area contributed by atoms with Gasteiger partial charge in [-0.3, -0.25) is 0 Å². The van der Waals surface area contributed by atoms with Crippen LogP contribution in [0.2, 0.25) is 0 Å².